The van der Waals surface area contributed by atoms with Gasteiger partial charge in [-0.2, -0.15) is 0 Å². The molecule has 4 nitrogen and oxygen atoms in total. The predicted molar refractivity (Wildman–Crippen MR) is 99.6 cm³/mol. The van der Waals surface area contributed by atoms with Gasteiger partial charge in [0, 0.05) is 16.0 Å². The van der Waals surface area contributed by atoms with Crippen molar-refractivity contribution >= 4 is 33.4 Å². The van der Waals surface area contributed by atoms with E-state index in [1.165, 1.54) is 6.07 Å². The van der Waals surface area contributed by atoms with E-state index >= 15 is 0 Å². The second kappa shape index (κ2) is 8.25. The topological polar surface area (TPSA) is 55.4 Å². The molecule has 0 heterocycles. The molecular formula is C17H20ClNO3S2. The molecule has 0 saturated carbocycles. The van der Waals surface area contributed by atoms with Gasteiger partial charge in [0.1, 0.15) is 10.6 Å². The number of sulfonamides is 1. The lowest BCUT2D eigenvalue weighted by atomic mass is 10.1. The van der Waals surface area contributed by atoms with Crippen molar-refractivity contribution in [3.05, 3.63) is 53.1 Å². The monoisotopic (exact) mass is 385 g/mol. The van der Waals surface area contributed by atoms with Crippen LogP contribution < -0.4 is 9.46 Å². The number of hydrogen-bond acceptors (Lipinski definition) is 4. The van der Waals surface area contributed by atoms with Gasteiger partial charge in [-0.1, -0.05) is 23.7 Å². The molecule has 24 heavy (non-hydrogen) atoms. The van der Waals surface area contributed by atoms with Gasteiger partial charge in [0.2, 0.25) is 10.0 Å². The summed E-state index contributed by atoms with van der Waals surface area (Å²) in [5.41, 5.74) is 0.886. The Morgan fingerprint density at radius 3 is 2.46 bits per heavy atom. The molecule has 0 aliphatic rings. The van der Waals surface area contributed by atoms with Crippen LogP contribution in [0.5, 0.6) is 5.75 Å². The van der Waals surface area contributed by atoms with Crippen molar-refractivity contribution in [3.8, 4) is 5.75 Å². The molecule has 0 aromatic heterocycles. The van der Waals surface area contributed by atoms with E-state index in [9.17, 15) is 8.42 Å². The first-order chi connectivity index (χ1) is 11.4. The maximum atomic E-state index is 12.7. The summed E-state index contributed by atoms with van der Waals surface area (Å²) in [4.78, 5) is 1.17. The molecule has 130 valence electrons. The third kappa shape index (κ3) is 4.66. The smallest absolute Gasteiger partial charge is 0.244 e. The summed E-state index contributed by atoms with van der Waals surface area (Å²) in [5, 5.41) is 0.343. The predicted octanol–water partition coefficient (Wildman–Crippen LogP) is 4.50. The molecule has 0 aliphatic heterocycles. The standard InChI is InChI=1S/C17H20ClNO3S2/c1-4-22-16-10-7-14(18)11-17(16)24(20,21)19-12(2)13-5-8-15(23-3)9-6-13/h5-12,19H,4H2,1-3H3. The highest BCUT2D eigenvalue weighted by molar-refractivity contribution is 7.98. The number of benzene rings is 2. The first-order valence-corrected chi connectivity index (χ1v) is 10.5. The minimum absolute atomic E-state index is 0.0458. The maximum absolute atomic E-state index is 12.7. The highest BCUT2D eigenvalue weighted by Gasteiger charge is 2.23. The molecule has 2 aromatic rings. The summed E-state index contributed by atoms with van der Waals surface area (Å²) in [6.45, 7) is 3.97. The maximum Gasteiger partial charge on any atom is 0.244 e. The molecule has 0 fully saturated rings. The average Bonchev–Trinajstić information content (AvgIpc) is 2.56. The van der Waals surface area contributed by atoms with E-state index in [-0.39, 0.29) is 10.9 Å². The Labute approximate surface area is 152 Å². The zero-order valence-electron chi connectivity index (χ0n) is 13.7. The molecule has 1 N–H and O–H groups in total. The molecule has 2 aromatic carbocycles. The molecule has 0 amide bonds. The Balaban J connectivity index is 2.28. The molecular weight excluding hydrogens is 366 g/mol. The minimum Gasteiger partial charge on any atom is -0.492 e. The summed E-state index contributed by atoms with van der Waals surface area (Å²) in [6, 6.07) is 12.0. The number of thioether (sulfide) groups is 1. The summed E-state index contributed by atoms with van der Waals surface area (Å²) >= 11 is 7.60. The SMILES string of the molecule is CCOc1ccc(Cl)cc1S(=O)(=O)NC(C)c1ccc(SC)cc1. The first kappa shape index (κ1) is 19.1. The normalized spacial score (nSPS) is 12.8. The van der Waals surface area contributed by atoms with E-state index in [0.717, 1.165) is 10.5 Å². The Morgan fingerprint density at radius 1 is 1.21 bits per heavy atom. The Bertz CT molecular complexity index is 792. The van der Waals surface area contributed by atoms with Crippen molar-refractivity contribution < 1.29 is 13.2 Å². The number of rotatable bonds is 7. The van der Waals surface area contributed by atoms with Gasteiger partial charge in [0.15, 0.2) is 0 Å². The van der Waals surface area contributed by atoms with Gasteiger partial charge in [-0.15, -0.1) is 11.8 Å². The average molecular weight is 386 g/mol. The third-order valence-corrected chi connectivity index (χ3v) is 5.98. The lowest BCUT2D eigenvalue weighted by Crippen LogP contribution is -2.27. The number of hydrogen-bond donors (Lipinski definition) is 1. The Morgan fingerprint density at radius 2 is 1.88 bits per heavy atom. The van der Waals surface area contributed by atoms with Crippen LogP contribution in [-0.2, 0) is 10.0 Å². The number of ether oxygens (including phenoxy) is 1. The fourth-order valence-electron chi connectivity index (χ4n) is 2.22. The van der Waals surface area contributed by atoms with Crippen molar-refractivity contribution in [2.75, 3.05) is 12.9 Å². The summed E-state index contributed by atoms with van der Waals surface area (Å²) in [5.74, 6) is 0.291. The van der Waals surface area contributed by atoms with E-state index < -0.39 is 10.0 Å². The lowest BCUT2D eigenvalue weighted by molar-refractivity contribution is 0.331. The van der Waals surface area contributed by atoms with E-state index in [2.05, 4.69) is 4.72 Å². The molecule has 0 bridgehead atoms. The molecule has 1 atom stereocenters. The third-order valence-electron chi connectivity index (χ3n) is 3.44. The molecule has 0 saturated heterocycles. The second-order valence-corrected chi connectivity index (χ2v) is 8.14. The summed E-state index contributed by atoms with van der Waals surface area (Å²) in [6.07, 6.45) is 2.00. The Kier molecular flexibility index (Phi) is 6.57. The lowest BCUT2D eigenvalue weighted by Gasteiger charge is -2.17. The zero-order chi connectivity index (χ0) is 17.7. The van der Waals surface area contributed by atoms with Gasteiger partial charge in [-0.3, -0.25) is 0 Å². The fourth-order valence-corrected chi connectivity index (χ4v) is 4.27. The zero-order valence-corrected chi connectivity index (χ0v) is 16.1. The van der Waals surface area contributed by atoms with E-state index in [0.29, 0.717) is 17.4 Å². The van der Waals surface area contributed by atoms with Gasteiger partial charge >= 0.3 is 0 Å². The largest absolute Gasteiger partial charge is 0.492 e. The van der Waals surface area contributed by atoms with Crippen molar-refractivity contribution in [3.63, 3.8) is 0 Å². The van der Waals surface area contributed by atoms with Crippen LogP contribution in [0.3, 0.4) is 0 Å². The second-order valence-electron chi connectivity index (χ2n) is 5.14. The number of nitrogens with one attached hydrogen (secondary N) is 1. The Hall–Kier alpha value is -1.21. The van der Waals surface area contributed by atoms with Gasteiger partial charge in [0.25, 0.3) is 0 Å². The van der Waals surface area contributed by atoms with E-state index in [4.69, 9.17) is 16.3 Å². The quantitative estimate of drug-likeness (QED) is 0.713. The molecule has 2 rings (SSSR count). The van der Waals surface area contributed by atoms with E-state index in [1.807, 2.05) is 30.5 Å². The van der Waals surface area contributed by atoms with Crippen molar-refractivity contribution in [2.24, 2.45) is 0 Å². The van der Waals surface area contributed by atoms with Crippen molar-refractivity contribution in [2.45, 2.75) is 29.7 Å². The van der Waals surface area contributed by atoms with Gasteiger partial charge in [-0.05, 0) is 56.0 Å². The van der Waals surface area contributed by atoms with Crippen LogP contribution >= 0.6 is 23.4 Å². The van der Waals surface area contributed by atoms with Crippen LogP contribution in [0.15, 0.2) is 52.3 Å². The van der Waals surface area contributed by atoms with Crippen molar-refractivity contribution in [1.82, 2.24) is 4.72 Å². The van der Waals surface area contributed by atoms with Crippen LogP contribution in [-0.4, -0.2) is 21.3 Å². The molecule has 0 spiro atoms. The molecule has 0 radical (unpaired) electrons. The molecule has 7 heteroatoms. The fraction of sp³-hybridized carbons (Fsp3) is 0.294. The summed E-state index contributed by atoms with van der Waals surface area (Å²) < 4.78 is 33.6. The summed E-state index contributed by atoms with van der Waals surface area (Å²) in [7, 11) is -3.76. The van der Waals surface area contributed by atoms with Crippen LogP contribution in [0.4, 0.5) is 0 Å². The van der Waals surface area contributed by atoms with Crippen molar-refractivity contribution in [1.29, 1.82) is 0 Å². The van der Waals surface area contributed by atoms with Crippen LogP contribution in [0.1, 0.15) is 25.5 Å². The molecule has 0 aliphatic carbocycles. The van der Waals surface area contributed by atoms with Crippen LogP contribution in [0, 0.1) is 0 Å². The minimum atomic E-state index is -3.76. The first-order valence-electron chi connectivity index (χ1n) is 7.46. The number of halogens is 1. The van der Waals surface area contributed by atoms with Gasteiger partial charge in [0.05, 0.1) is 6.61 Å². The van der Waals surface area contributed by atoms with Crippen LogP contribution in [0.25, 0.3) is 0 Å². The van der Waals surface area contributed by atoms with Crippen LogP contribution in [0.2, 0.25) is 5.02 Å². The highest BCUT2D eigenvalue weighted by atomic mass is 35.5. The van der Waals surface area contributed by atoms with Gasteiger partial charge < -0.3 is 4.74 Å². The highest BCUT2D eigenvalue weighted by Crippen LogP contribution is 2.29. The molecule has 1 unspecified atom stereocenters. The van der Waals surface area contributed by atoms with Gasteiger partial charge in [-0.25, -0.2) is 13.1 Å². The van der Waals surface area contributed by atoms with E-state index in [1.54, 1.807) is 37.7 Å².